The molecular formula is C19H23NO. The van der Waals surface area contributed by atoms with Gasteiger partial charge in [-0.2, -0.15) is 0 Å². The molecule has 3 rings (SSSR count). The average molecular weight is 281 g/mol. The molecule has 0 heterocycles. The molecule has 2 nitrogen and oxygen atoms in total. The van der Waals surface area contributed by atoms with Crippen molar-refractivity contribution in [2.45, 2.75) is 31.7 Å². The quantitative estimate of drug-likeness (QED) is 0.777. The van der Waals surface area contributed by atoms with Crippen molar-refractivity contribution in [3.8, 4) is 5.75 Å². The van der Waals surface area contributed by atoms with Crippen LogP contribution < -0.4 is 10.1 Å². The van der Waals surface area contributed by atoms with Gasteiger partial charge >= 0.3 is 0 Å². The second-order valence-corrected chi connectivity index (χ2v) is 5.76. The minimum Gasteiger partial charge on any atom is -0.496 e. The molecule has 0 saturated heterocycles. The minimum absolute atomic E-state index is 0.832. The van der Waals surface area contributed by atoms with Gasteiger partial charge in [-0.1, -0.05) is 42.5 Å². The smallest absolute Gasteiger partial charge is 0.122 e. The molecule has 1 fully saturated rings. The summed E-state index contributed by atoms with van der Waals surface area (Å²) in [5.74, 6) is 1.81. The van der Waals surface area contributed by atoms with Crippen LogP contribution in [0.3, 0.4) is 0 Å². The van der Waals surface area contributed by atoms with Crippen molar-refractivity contribution in [1.82, 2.24) is 5.32 Å². The number of rotatable bonds is 7. The summed E-state index contributed by atoms with van der Waals surface area (Å²) in [5.41, 5.74) is 4.16. The number of ether oxygens (including phenoxy) is 1. The van der Waals surface area contributed by atoms with E-state index >= 15 is 0 Å². The van der Waals surface area contributed by atoms with Crippen LogP contribution >= 0.6 is 0 Å². The summed E-state index contributed by atoms with van der Waals surface area (Å²) in [7, 11) is 1.73. The van der Waals surface area contributed by atoms with E-state index in [9.17, 15) is 0 Å². The van der Waals surface area contributed by atoms with E-state index in [1.807, 2.05) is 12.1 Å². The molecule has 0 atom stereocenters. The second kappa shape index (κ2) is 6.77. The van der Waals surface area contributed by atoms with E-state index in [0.29, 0.717) is 0 Å². The number of hydrogen-bond acceptors (Lipinski definition) is 2. The minimum atomic E-state index is 0.832. The van der Waals surface area contributed by atoms with Crippen LogP contribution in [-0.4, -0.2) is 13.7 Å². The van der Waals surface area contributed by atoms with Gasteiger partial charge in [-0.3, -0.25) is 0 Å². The fraction of sp³-hybridized carbons (Fsp3) is 0.368. The van der Waals surface area contributed by atoms with E-state index in [1.54, 1.807) is 7.11 Å². The summed E-state index contributed by atoms with van der Waals surface area (Å²) in [5, 5.41) is 3.53. The van der Waals surface area contributed by atoms with E-state index < -0.39 is 0 Å². The highest BCUT2D eigenvalue weighted by Gasteiger charge is 2.23. The largest absolute Gasteiger partial charge is 0.496 e. The van der Waals surface area contributed by atoms with Crippen LogP contribution in [0.2, 0.25) is 0 Å². The van der Waals surface area contributed by atoms with Gasteiger partial charge in [0, 0.05) is 6.54 Å². The average Bonchev–Trinajstić information content (AvgIpc) is 3.37. The van der Waals surface area contributed by atoms with E-state index in [1.165, 1.54) is 29.5 Å². The van der Waals surface area contributed by atoms with Crippen molar-refractivity contribution >= 4 is 0 Å². The van der Waals surface area contributed by atoms with Gasteiger partial charge in [-0.05, 0) is 54.5 Å². The van der Waals surface area contributed by atoms with Gasteiger partial charge in [0.2, 0.25) is 0 Å². The van der Waals surface area contributed by atoms with Crippen LogP contribution in [0.4, 0.5) is 0 Å². The third-order valence-electron chi connectivity index (χ3n) is 4.09. The topological polar surface area (TPSA) is 21.3 Å². The molecule has 0 amide bonds. The van der Waals surface area contributed by atoms with E-state index in [2.05, 4.69) is 41.7 Å². The van der Waals surface area contributed by atoms with Crippen LogP contribution in [-0.2, 0) is 13.0 Å². The maximum Gasteiger partial charge on any atom is 0.122 e. The van der Waals surface area contributed by atoms with Crippen LogP contribution in [0.25, 0.3) is 0 Å². The Hall–Kier alpha value is -1.80. The summed E-state index contributed by atoms with van der Waals surface area (Å²) < 4.78 is 5.38. The van der Waals surface area contributed by atoms with Crippen molar-refractivity contribution < 1.29 is 4.74 Å². The Morgan fingerprint density at radius 1 is 1.10 bits per heavy atom. The third kappa shape index (κ3) is 3.85. The molecule has 0 unspecified atom stereocenters. The lowest BCUT2D eigenvalue weighted by atomic mass is 10.1. The molecule has 110 valence electrons. The molecule has 1 saturated carbocycles. The van der Waals surface area contributed by atoms with Gasteiger partial charge < -0.3 is 10.1 Å². The zero-order valence-electron chi connectivity index (χ0n) is 12.6. The van der Waals surface area contributed by atoms with Crippen molar-refractivity contribution in [1.29, 1.82) is 0 Å². The Balaban J connectivity index is 1.48. The molecule has 1 aliphatic carbocycles. The van der Waals surface area contributed by atoms with Crippen LogP contribution in [0.15, 0.2) is 48.5 Å². The fourth-order valence-electron chi connectivity index (χ4n) is 2.74. The Labute approximate surface area is 127 Å². The van der Waals surface area contributed by atoms with Gasteiger partial charge in [0.25, 0.3) is 0 Å². The number of benzene rings is 2. The number of methoxy groups -OCH3 is 1. The molecule has 1 N–H and O–H groups in total. The summed E-state index contributed by atoms with van der Waals surface area (Å²) >= 11 is 0. The maximum atomic E-state index is 5.38. The summed E-state index contributed by atoms with van der Waals surface area (Å²) in [4.78, 5) is 0. The lowest BCUT2D eigenvalue weighted by Gasteiger charge is -2.09. The molecule has 21 heavy (non-hydrogen) atoms. The zero-order chi connectivity index (χ0) is 14.5. The van der Waals surface area contributed by atoms with Gasteiger partial charge in [-0.25, -0.2) is 0 Å². The maximum absolute atomic E-state index is 5.38. The van der Waals surface area contributed by atoms with Gasteiger partial charge in [0.15, 0.2) is 0 Å². The molecular weight excluding hydrogens is 258 g/mol. The zero-order valence-corrected chi connectivity index (χ0v) is 12.6. The van der Waals surface area contributed by atoms with Crippen LogP contribution in [0, 0.1) is 0 Å². The Morgan fingerprint density at radius 3 is 2.76 bits per heavy atom. The van der Waals surface area contributed by atoms with Crippen LogP contribution in [0.5, 0.6) is 5.75 Å². The van der Waals surface area contributed by atoms with Crippen molar-refractivity contribution in [2.24, 2.45) is 0 Å². The van der Waals surface area contributed by atoms with Crippen LogP contribution in [0.1, 0.15) is 35.4 Å². The van der Waals surface area contributed by atoms with Gasteiger partial charge in [0.1, 0.15) is 5.75 Å². The van der Waals surface area contributed by atoms with E-state index in [4.69, 9.17) is 4.74 Å². The predicted molar refractivity (Wildman–Crippen MR) is 86.8 cm³/mol. The van der Waals surface area contributed by atoms with Crippen molar-refractivity contribution in [3.05, 3.63) is 65.2 Å². The van der Waals surface area contributed by atoms with E-state index in [0.717, 1.165) is 31.2 Å². The standard InChI is InChI=1S/C19H23NO/c1-21-19-8-3-2-6-17(19)11-12-20-14-15-5-4-7-18(13-15)16-9-10-16/h2-8,13,16,20H,9-12,14H2,1H3. The first-order valence-electron chi connectivity index (χ1n) is 7.78. The monoisotopic (exact) mass is 281 g/mol. The Bertz CT molecular complexity index is 590. The molecule has 0 aromatic heterocycles. The summed E-state index contributed by atoms with van der Waals surface area (Å²) in [6.45, 7) is 1.91. The normalized spacial score (nSPS) is 14.1. The first-order chi connectivity index (χ1) is 10.4. The third-order valence-corrected chi connectivity index (χ3v) is 4.09. The molecule has 2 heteroatoms. The summed E-state index contributed by atoms with van der Waals surface area (Å²) in [6.07, 6.45) is 3.72. The lowest BCUT2D eigenvalue weighted by molar-refractivity contribution is 0.409. The van der Waals surface area contributed by atoms with Gasteiger partial charge in [-0.15, -0.1) is 0 Å². The highest BCUT2D eigenvalue weighted by Crippen LogP contribution is 2.40. The highest BCUT2D eigenvalue weighted by molar-refractivity contribution is 5.33. The number of nitrogens with one attached hydrogen (secondary N) is 1. The second-order valence-electron chi connectivity index (χ2n) is 5.76. The molecule has 0 spiro atoms. The molecule has 0 bridgehead atoms. The lowest BCUT2D eigenvalue weighted by Crippen LogP contribution is -2.17. The van der Waals surface area contributed by atoms with Gasteiger partial charge in [0.05, 0.1) is 7.11 Å². The van der Waals surface area contributed by atoms with E-state index in [-0.39, 0.29) is 0 Å². The Kier molecular flexibility index (Phi) is 4.56. The molecule has 0 aliphatic heterocycles. The predicted octanol–water partition coefficient (Wildman–Crippen LogP) is 3.90. The first-order valence-corrected chi connectivity index (χ1v) is 7.78. The molecule has 1 aliphatic rings. The highest BCUT2D eigenvalue weighted by atomic mass is 16.5. The SMILES string of the molecule is COc1ccccc1CCNCc1cccc(C2CC2)c1. The number of hydrogen-bond donors (Lipinski definition) is 1. The molecule has 0 radical (unpaired) electrons. The van der Waals surface area contributed by atoms with Crippen molar-refractivity contribution in [3.63, 3.8) is 0 Å². The van der Waals surface area contributed by atoms with Crippen molar-refractivity contribution in [2.75, 3.05) is 13.7 Å². The fourth-order valence-corrected chi connectivity index (χ4v) is 2.74. The molecule has 2 aromatic rings. The Morgan fingerprint density at radius 2 is 1.95 bits per heavy atom. The first kappa shape index (κ1) is 14.2. The number of para-hydroxylation sites is 1. The summed E-state index contributed by atoms with van der Waals surface area (Å²) in [6, 6.07) is 17.2. The molecule has 2 aromatic carbocycles.